The first-order valence-corrected chi connectivity index (χ1v) is 15.0. The number of hydrogen-bond acceptors (Lipinski definition) is 9. The summed E-state index contributed by atoms with van der Waals surface area (Å²) in [5, 5.41) is 14.3. The molecule has 232 valence electrons. The van der Waals surface area contributed by atoms with Crippen LogP contribution < -0.4 is 16.0 Å². The molecule has 3 aromatic heterocycles. The first-order valence-electron chi connectivity index (χ1n) is 14.6. The quantitative estimate of drug-likeness (QED) is 0.223. The van der Waals surface area contributed by atoms with Gasteiger partial charge in [-0.3, -0.25) is 9.36 Å². The van der Waals surface area contributed by atoms with Crippen LogP contribution in [0.3, 0.4) is 0 Å². The second-order valence-electron chi connectivity index (χ2n) is 12.6. The third-order valence-electron chi connectivity index (χ3n) is 6.69. The van der Waals surface area contributed by atoms with Crippen molar-refractivity contribution in [2.45, 2.75) is 90.4 Å². The van der Waals surface area contributed by atoms with Crippen molar-refractivity contribution in [1.29, 1.82) is 0 Å². The monoisotopic (exact) mass is 610 g/mol. The number of hydrogen-bond donors (Lipinski definition) is 3. The Morgan fingerprint density at radius 3 is 2.56 bits per heavy atom. The van der Waals surface area contributed by atoms with E-state index < -0.39 is 11.7 Å². The topological polar surface area (TPSA) is 137 Å². The minimum atomic E-state index is -0.556. The van der Waals surface area contributed by atoms with E-state index in [9.17, 15) is 9.59 Å². The third kappa shape index (κ3) is 9.24. The molecule has 1 fully saturated rings. The van der Waals surface area contributed by atoms with Gasteiger partial charge in [0.25, 0.3) is 11.1 Å². The molecule has 0 spiro atoms. The molecule has 43 heavy (non-hydrogen) atoms. The second-order valence-corrected chi connectivity index (χ2v) is 12.9. The summed E-state index contributed by atoms with van der Waals surface area (Å²) in [4.78, 5) is 33.1. The molecular formula is C30H42N8O4S. The third-order valence-corrected chi connectivity index (χ3v) is 7.00. The highest BCUT2D eigenvalue weighted by molar-refractivity contribution is 7.80. The molecule has 2 atom stereocenters. The summed E-state index contributed by atoms with van der Waals surface area (Å²) in [5.41, 5.74) is 0.419. The predicted molar refractivity (Wildman–Crippen MR) is 168 cm³/mol. The Bertz CT molecular complexity index is 1410. The van der Waals surface area contributed by atoms with Crippen molar-refractivity contribution in [2.24, 2.45) is 0 Å². The molecule has 3 N–H and O–H groups in total. The average Bonchev–Trinajstić information content (AvgIpc) is 3.68. The van der Waals surface area contributed by atoms with Gasteiger partial charge in [-0.1, -0.05) is 6.07 Å². The molecule has 13 heteroatoms. The maximum absolute atomic E-state index is 12.8. The molecule has 4 rings (SSSR count). The van der Waals surface area contributed by atoms with Crippen molar-refractivity contribution in [1.82, 2.24) is 34.9 Å². The van der Waals surface area contributed by atoms with Gasteiger partial charge in [-0.05, 0) is 91.6 Å². The Morgan fingerprint density at radius 1 is 1.09 bits per heavy atom. The van der Waals surface area contributed by atoms with Crippen LogP contribution in [0, 0.1) is 0 Å². The van der Waals surface area contributed by atoms with Crippen LogP contribution in [-0.2, 0) is 15.0 Å². The predicted octanol–water partition coefficient (Wildman–Crippen LogP) is 5.10. The summed E-state index contributed by atoms with van der Waals surface area (Å²) in [5.74, 6) is 1.26. The molecule has 1 aliphatic rings. The van der Waals surface area contributed by atoms with E-state index in [1.54, 1.807) is 56.2 Å². The van der Waals surface area contributed by atoms with E-state index in [2.05, 4.69) is 52.8 Å². The molecule has 0 saturated heterocycles. The molecule has 3 heterocycles. The fourth-order valence-electron chi connectivity index (χ4n) is 4.73. The minimum absolute atomic E-state index is 0.0149. The molecule has 0 unspecified atom stereocenters. The number of thiocarbonyl (C=S) groups is 1. The lowest BCUT2D eigenvalue weighted by atomic mass is 10.0. The fourth-order valence-corrected chi connectivity index (χ4v) is 4.98. The SMILES string of the molecule is CC(C)(C)OC(=O)NCCCNC(=O)c1cccc(Nc2cc([C@H]3CC[C@@H](OC(=S)n4ccnc4)C3)nn2C(C)(C)C)n1. The number of alkyl carbamates (subject to hydrolysis) is 1. The normalized spacial score (nSPS) is 16.9. The molecular weight excluding hydrogens is 568 g/mol. The standard InChI is InChI=1S/C30H42N8O4S/c1-29(2,3)38-25(18-23(36-38)20-11-12-21(17-20)41-28(43)37-16-15-31-19-37)35-24-10-7-9-22(34-24)26(39)32-13-8-14-33-27(40)42-30(4,5)6/h7,9-10,15-16,18-21H,8,11-14,17H2,1-6H3,(H,32,39)(H,33,40)(H,34,35)/t20-,21+/m0/s1. The Labute approximate surface area is 257 Å². The van der Waals surface area contributed by atoms with E-state index in [1.807, 2.05) is 10.7 Å². The molecule has 3 aromatic rings. The lowest BCUT2D eigenvalue weighted by molar-refractivity contribution is 0.0527. The zero-order valence-corrected chi connectivity index (χ0v) is 26.5. The summed E-state index contributed by atoms with van der Waals surface area (Å²) in [6.07, 6.45) is 7.82. The molecule has 0 aromatic carbocycles. The first-order chi connectivity index (χ1) is 20.3. The lowest BCUT2D eigenvalue weighted by Gasteiger charge is -2.22. The number of imidazole rings is 1. The van der Waals surface area contributed by atoms with Crippen molar-refractivity contribution < 1.29 is 19.1 Å². The van der Waals surface area contributed by atoms with Crippen LogP contribution in [0.15, 0.2) is 43.0 Å². The van der Waals surface area contributed by atoms with Crippen LogP contribution >= 0.6 is 12.2 Å². The van der Waals surface area contributed by atoms with Crippen LogP contribution in [0.25, 0.3) is 0 Å². The van der Waals surface area contributed by atoms with Crippen LogP contribution in [0.5, 0.6) is 0 Å². The number of rotatable bonds is 9. The molecule has 1 aliphatic carbocycles. The van der Waals surface area contributed by atoms with E-state index in [1.165, 1.54) is 0 Å². The highest BCUT2D eigenvalue weighted by Gasteiger charge is 2.32. The van der Waals surface area contributed by atoms with Crippen molar-refractivity contribution in [3.63, 3.8) is 0 Å². The zero-order valence-electron chi connectivity index (χ0n) is 25.7. The van der Waals surface area contributed by atoms with Crippen LogP contribution in [0.4, 0.5) is 16.4 Å². The number of amides is 2. The van der Waals surface area contributed by atoms with Gasteiger partial charge >= 0.3 is 6.09 Å². The van der Waals surface area contributed by atoms with Crippen molar-refractivity contribution in [3.8, 4) is 0 Å². The van der Waals surface area contributed by atoms with Gasteiger partial charge in [0, 0.05) is 37.5 Å². The zero-order chi connectivity index (χ0) is 31.2. The first kappa shape index (κ1) is 31.9. The van der Waals surface area contributed by atoms with Crippen molar-refractivity contribution >= 4 is 41.0 Å². The maximum atomic E-state index is 12.8. The minimum Gasteiger partial charge on any atom is -0.467 e. The van der Waals surface area contributed by atoms with Gasteiger partial charge in [-0.15, -0.1) is 0 Å². The fraction of sp³-hybridized carbons (Fsp3) is 0.533. The lowest BCUT2D eigenvalue weighted by Crippen LogP contribution is -2.34. The van der Waals surface area contributed by atoms with Gasteiger partial charge in [-0.25, -0.2) is 19.4 Å². The van der Waals surface area contributed by atoms with Crippen molar-refractivity contribution in [2.75, 3.05) is 18.4 Å². The van der Waals surface area contributed by atoms with Gasteiger partial charge in [0.15, 0.2) is 0 Å². The number of ether oxygens (including phenoxy) is 2. The smallest absolute Gasteiger partial charge is 0.407 e. The van der Waals surface area contributed by atoms with Gasteiger partial charge in [0.1, 0.15) is 35.4 Å². The Balaban J connectivity index is 1.34. The van der Waals surface area contributed by atoms with Crippen LogP contribution in [-0.4, -0.2) is 66.3 Å². The highest BCUT2D eigenvalue weighted by atomic mass is 32.1. The molecule has 0 radical (unpaired) electrons. The Hall–Kier alpha value is -4.00. The van der Waals surface area contributed by atoms with Gasteiger partial charge in [0.05, 0.1) is 11.2 Å². The molecule has 2 amide bonds. The van der Waals surface area contributed by atoms with E-state index in [4.69, 9.17) is 26.8 Å². The maximum Gasteiger partial charge on any atom is 0.407 e. The Morgan fingerprint density at radius 2 is 1.86 bits per heavy atom. The number of carbonyl (C=O) groups excluding carboxylic acids is 2. The number of aromatic nitrogens is 5. The van der Waals surface area contributed by atoms with E-state index >= 15 is 0 Å². The summed E-state index contributed by atoms with van der Waals surface area (Å²) in [6, 6.07) is 7.32. The summed E-state index contributed by atoms with van der Waals surface area (Å²) >= 11 is 5.42. The second kappa shape index (κ2) is 13.5. The molecule has 0 bridgehead atoms. The van der Waals surface area contributed by atoms with E-state index in [0.29, 0.717) is 30.5 Å². The van der Waals surface area contributed by atoms with Crippen LogP contribution in [0.1, 0.15) is 89.3 Å². The van der Waals surface area contributed by atoms with Crippen LogP contribution in [0.2, 0.25) is 0 Å². The molecule has 12 nitrogen and oxygen atoms in total. The number of anilines is 2. The van der Waals surface area contributed by atoms with E-state index in [0.717, 1.165) is 30.8 Å². The van der Waals surface area contributed by atoms with Gasteiger partial charge in [-0.2, -0.15) is 5.10 Å². The summed E-state index contributed by atoms with van der Waals surface area (Å²) < 4.78 is 14.9. The number of nitrogens with one attached hydrogen (secondary N) is 3. The Kier molecular flexibility index (Phi) is 10.0. The van der Waals surface area contributed by atoms with E-state index in [-0.39, 0.29) is 29.2 Å². The highest BCUT2D eigenvalue weighted by Crippen LogP contribution is 2.38. The molecule has 0 aliphatic heterocycles. The average molecular weight is 611 g/mol. The number of nitrogens with zero attached hydrogens (tertiary/aromatic N) is 5. The van der Waals surface area contributed by atoms with Gasteiger partial charge in [0.2, 0.25) is 0 Å². The summed E-state index contributed by atoms with van der Waals surface area (Å²) in [7, 11) is 0. The summed E-state index contributed by atoms with van der Waals surface area (Å²) in [6.45, 7) is 12.5. The van der Waals surface area contributed by atoms with Gasteiger partial charge < -0.3 is 25.4 Å². The number of carbonyl (C=O) groups is 2. The molecule has 1 saturated carbocycles. The largest absolute Gasteiger partial charge is 0.467 e. The number of pyridine rings is 1. The van der Waals surface area contributed by atoms with Crippen molar-refractivity contribution in [3.05, 3.63) is 54.4 Å².